The van der Waals surface area contributed by atoms with E-state index in [2.05, 4.69) is 14.1 Å². The molecule has 1 aromatic heterocycles. The number of piperidine rings is 1. The van der Waals surface area contributed by atoms with E-state index in [-0.39, 0.29) is 29.0 Å². The number of anilines is 1. The first kappa shape index (κ1) is 19.5. The molecule has 1 aliphatic heterocycles. The van der Waals surface area contributed by atoms with Gasteiger partial charge < -0.3 is 4.90 Å². The molecule has 2 heterocycles. The van der Waals surface area contributed by atoms with Crippen LogP contribution in [0.25, 0.3) is 0 Å². The van der Waals surface area contributed by atoms with Gasteiger partial charge >= 0.3 is 12.1 Å². The molecule has 1 aromatic carbocycles. The summed E-state index contributed by atoms with van der Waals surface area (Å²) in [5.41, 5.74) is 0.823. The number of hydrogen-bond acceptors (Lipinski definition) is 6. The second kappa shape index (κ2) is 7.43. The highest BCUT2D eigenvalue weighted by Gasteiger charge is 2.43. The molecule has 7 nitrogen and oxygen atoms in total. The molecule has 12 heteroatoms. The third-order valence-electron chi connectivity index (χ3n) is 4.27. The molecule has 0 radical (unpaired) electrons. The van der Waals surface area contributed by atoms with Gasteiger partial charge in [-0.3, -0.25) is 9.52 Å². The second-order valence-corrected chi connectivity index (χ2v) is 8.45. The lowest BCUT2D eigenvalue weighted by Crippen LogP contribution is -2.45. The van der Waals surface area contributed by atoms with E-state index >= 15 is 0 Å². The highest BCUT2D eigenvalue weighted by atomic mass is 32.2. The Kier molecular flexibility index (Phi) is 5.38. The molecular weight excluding hydrogens is 405 g/mol. The number of halogens is 3. The number of amides is 1. The van der Waals surface area contributed by atoms with Crippen molar-refractivity contribution in [2.75, 3.05) is 17.8 Å². The van der Waals surface area contributed by atoms with Gasteiger partial charge in [0.15, 0.2) is 0 Å². The first-order valence-electron chi connectivity index (χ1n) is 7.92. The predicted octanol–water partition coefficient (Wildman–Crippen LogP) is 2.61. The SMILES string of the molecule is O=C(N1CCC(c2ccc(S(=O)(=O)Nc3ncns3)cc2)CC1)C(F)(F)F. The number of carbonyl (C=O) groups excluding carboxylic acids is 1. The highest BCUT2D eigenvalue weighted by molar-refractivity contribution is 7.93. The molecule has 1 saturated heterocycles. The van der Waals surface area contributed by atoms with Crippen molar-refractivity contribution in [2.45, 2.75) is 29.8 Å². The quantitative estimate of drug-likeness (QED) is 0.821. The third kappa shape index (κ3) is 4.56. The van der Waals surface area contributed by atoms with Gasteiger partial charge in [-0.05, 0) is 36.5 Å². The number of hydrogen-bond donors (Lipinski definition) is 1. The summed E-state index contributed by atoms with van der Waals surface area (Å²) < 4.78 is 68.0. The summed E-state index contributed by atoms with van der Waals surface area (Å²) in [6.45, 7) is 0.0311. The minimum atomic E-state index is -4.86. The summed E-state index contributed by atoms with van der Waals surface area (Å²) in [7, 11) is -3.79. The van der Waals surface area contributed by atoms with Crippen LogP contribution < -0.4 is 4.72 Å². The largest absolute Gasteiger partial charge is 0.471 e. The Morgan fingerprint density at radius 1 is 1.19 bits per heavy atom. The smallest absolute Gasteiger partial charge is 0.335 e. The van der Waals surface area contributed by atoms with E-state index in [9.17, 15) is 26.4 Å². The van der Waals surface area contributed by atoms with Crippen molar-refractivity contribution in [3.05, 3.63) is 36.2 Å². The van der Waals surface area contributed by atoms with Crippen LogP contribution in [0.2, 0.25) is 0 Å². The van der Waals surface area contributed by atoms with Crippen LogP contribution in [0.5, 0.6) is 0 Å². The maximum absolute atomic E-state index is 12.5. The van der Waals surface area contributed by atoms with Gasteiger partial charge in [-0.15, -0.1) is 0 Å². The summed E-state index contributed by atoms with van der Waals surface area (Å²) in [5, 5.41) is 0.154. The van der Waals surface area contributed by atoms with E-state index < -0.39 is 22.1 Å². The van der Waals surface area contributed by atoms with Crippen LogP contribution in [0, 0.1) is 0 Å². The molecule has 1 amide bonds. The topological polar surface area (TPSA) is 92.3 Å². The first-order valence-corrected chi connectivity index (χ1v) is 10.2. The zero-order valence-electron chi connectivity index (χ0n) is 13.8. The first-order chi connectivity index (χ1) is 12.7. The van der Waals surface area contributed by atoms with E-state index in [1.165, 1.54) is 18.5 Å². The summed E-state index contributed by atoms with van der Waals surface area (Å²) in [6, 6.07) is 6.15. The number of likely N-dealkylation sites (tertiary alicyclic amines) is 1. The number of benzene rings is 1. The van der Waals surface area contributed by atoms with Gasteiger partial charge in [0.05, 0.1) is 4.90 Å². The van der Waals surface area contributed by atoms with E-state index in [0.717, 1.165) is 22.0 Å². The monoisotopic (exact) mass is 420 g/mol. The molecule has 3 rings (SSSR count). The molecule has 146 valence electrons. The Hall–Kier alpha value is -2.21. The molecule has 0 bridgehead atoms. The van der Waals surface area contributed by atoms with Crippen LogP contribution in [0.4, 0.5) is 18.3 Å². The van der Waals surface area contributed by atoms with Gasteiger partial charge in [-0.1, -0.05) is 12.1 Å². The average molecular weight is 420 g/mol. The van der Waals surface area contributed by atoms with E-state index in [1.54, 1.807) is 12.1 Å². The van der Waals surface area contributed by atoms with E-state index in [4.69, 9.17) is 0 Å². The van der Waals surface area contributed by atoms with E-state index in [1.807, 2.05) is 0 Å². The molecule has 0 unspecified atom stereocenters. The molecule has 2 aromatic rings. The van der Waals surface area contributed by atoms with Crippen molar-refractivity contribution in [1.82, 2.24) is 14.3 Å². The third-order valence-corrected chi connectivity index (χ3v) is 6.33. The molecule has 1 aliphatic rings. The van der Waals surface area contributed by atoms with Crippen molar-refractivity contribution < 1.29 is 26.4 Å². The molecule has 1 N–H and O–H groups in total. The zero-order chi connectivity index (χ0) is 19.7. The van der Waals surface area contributed by atoms with E-state index in [0.29, 0.717) is 12.8 Å². The normalized spacial score (nSPS) is 16.3. The Morgan fingerprint density at radius 2 is 1.81 bits per heavy atom. The van der Waals surface area contributed by atoms with Crippen LogP contribution in [0.1, 0.15) is 24.3 Å². The highest BCUT2D eigenvalue weighted by Crippen LogP contribution is 2.31. The molecule has 0 spiro atoms. The maximum atomic E-state index is 12.5. The molecule has 1 fully saturated rings. The number of sulfonamides is 1. The Balaban J connectivity index is 1.64. The van der Waals surface area contributed by atoms with Crippen LogP contribution in [0.15, 0.2) is 35.5 Å². The summed E-state index contributed by atoms with van der Waals surface area (Å²) in [6.07, 6.45) is -2.85. The van der Waals surface area contributed by atoms with Crippen molar-refractivity contribution in [3.8, 4) is 0 Å². The molecular formula is C15H15F3N4O3S2. The van der Waals surface area contributed by atoms with Crippen LogP contribution in [-0.2, 0) is 14.8 Å². The van der Waals surface area contributed by atoms with Gasteiger partial charge in [-0.2, -0.15) is 17.5 Å². The van der Waals surface area contributed by atoms with Gasteiger partial charge in [0, 0.05) is 24.6 Å². The van der Waals surface area contributed by atoms with Crippen molar-refractivity contribution >= 4 is 32.6 Å². The maximum Gasteiger partial charge on any atom is 0.471 e. The van der Waals surface area contributed by atoms with Gasteiger partial charge in [0.1, 0.15) is 6.33 Å². The van der Waals surface area contributed by atoms with Gasteiger partial charge in [-0.25, -0.2) is 13.4 Å². The fourth-order valence-electron chi connectivity index (χ4n) is 2.91. The molecule has 0 aliphatic carbocycles. The lowest BCUT2D eigenvalue weighted by atomic mass is 9.89. The fraction of sp³-hybridized carbons (Fsp3) is 0.400. The number of aromatic nitrogens is 2. The standard InChI is InChI=1S/C15H15F3N4O3S2/c16-15(17,18)13(23)22-7-5-11(6-8-22)10-1-3-12(4-2-10)27(24,25)21-14-19-9-20-26-14/h1-4,9,11H,5-8H2,(H,19,20,21). The minimum Gasteiger partial charge on any atom is -0.335 e. The predicted molar refractivity (Wildman–Crippen MR) is 91.8 cm³/mol. The molecule has 0 saturated carbocycles. The lowest BCUT2D eigenvalue weighted by molar-refractivity contribution is -0.186. The Labute approximate surface area is 157 Å². The van der Waals surface area contributed by atoms with Gasteiger partial charge in [0.2, 0.25) is 5.13 Å². The van der Waals surface area contributed by atoms with Crippen molar-refractivity contribution in [3.63, 3.8) is 0 Å². The number of rotatable bonds is 4. The van der Waals surface area contributed by atoms with Crippen molar-refractivity contribution in [1.29, 1.82) is 0 Å². The minimum absolute atomic E-state index is 0.0155. The second-order valence-electron chi connectivity index (χ2n) is 5.99. The number of carbonyl (C=O) groups is 1. The lowest BCUT2D eigenvalue weighted by Gasteiger charge is -2.32. The van der Waals surface area contributed by atoms with Crippen LogP contribution in [0.3, 0.4) is 0 Å². The summed E-state index contributed by atoms with van der Waals surface area (Å²) >= 11 is 0.911. The summed E-state index contributed by atoms with van der Waals surface area (Å²) in [4.78, 5) is 15.9. The number of alkyl halides is 3. The number of nitrogens with one attached hydrogen (secondary N) is 1. The zero-order valence-corrected chi connectivity index (χ0v) is 15.4. The fourth-order valence-corrected chi connectivity index (χ4v) is 4.57. The summed E-state index contributed by atoms with van der Waals surface area (Å²) in [5.74, 6) is -1.85. The van der Waals surface area contributed by atoms with Crippen LogP contribution in [-0.4, -0.2) is 47.8 Å². The Morgan fingerprint density at radius 3 is 2.33 bits per heavy atom. The average Bonchev–Trinajstić information content (AvgIpc) is 3.13. The van der Waals surface area contributed by atoms with Gasteiger partial charge in [0.25, 0.3) is 10.0 Å². The number of nitrogens with zero attached hydrogens (tertiary/aromatic N) is 3. The van der Waals surface area contributed by atoms with Crippen molar-refractivity contribution in [2.24, 2.45) is 0 Å². The molecule has 27 heavy (non-hydrogen) atoms. The van der Waals surface area contributed by atoms with Crippen LogP contribution >= 0.6 is 11.5 Å². The Bertz CT molecular complexity index is 891. The molecule has 0 atom stereocenters.